The maximum absolute atomic E-state index is 8.97. The molecule has 0 aromatic heterocycles. The van der Waals surface area contributed by atoms with E-state index in [9.17, 15) is 0 Å². The van der Waals surface area contributed by atoms with Crippen molar-refractivity contribution in [1.29, 1.82) is 0 Å². The fraction of sp³-hybridized carbons (Fsp3) is 0.429. The lowest BCUT2D eigenvalue weighted by Gasteiger charge is -2.08. The highest BCUT2D eigenvalue weighted by Crippen LogP contribution is 2.00. The standard InChI is InChI=1S/C7H10O/c1-4-5-6-7(2,3)8/h1,5-6,8H,2-3H3/b6-5-. The molecule has 0 aromatic rings. The van der Waals surface area contributed by atoms with Gasteiger partial charge in [-0.2, -0.15) is 0 Å². The second-order valence-electron chi connectivity index (χ2n) is 2.15. The van der Waals surface area contributed by atoms with Crippen molar-refractivity contribution >= 4 is 0 Å². The molecular formula is C7H10O. The summed E-state index contributed by atoms with van der Waals surface area (Å²) in [6.07, 6.45) is 7.94. The van der Waals surface area contributed by atoms with Crippen LogP contribution >= 0.6 is 0 Å². The smallest absolute Gasteiger partial charge is 0.0780 e. The summed E-state index contributed by atoms with van der Waals surface area (Å²) >= 11 is 0. The Morgan fingerprint density at radius 1 is 1.62 bits per heavy atom. The van der Waals surface area contributed by atoms with E-state index in [1.165, 1.54) is 6.08 Å². The monoisotopic (exact) mass is 110 g/mol. The van der Waals surface area contributed by atoms with Crippen LogP contribution in [0.3, 0.4) is 0 Å². The number of hydrogen-bond donors (Lipinski definition) is 1. The summed E-state index contributed by atoms with van der Waals surface area (Å²) in [5.74, 6) is 2.28. The Balaban J connectivity index is 3.75. The Morgan fingerprint density at radius 2 is 2.12 bits per heavy atom. The molecule has 0 atom stereocenters. The van der Waals surface area contributed by atoms with E-state index < -0.39 is 5.60 Å². The van der Waals surface area contributed by atoms with Gasteiger partial charge in [0, 0.05) is 0 Å². The Labute approximate surface area is 50.0 Å². The van der Waals surface area contributed by atoms with Crippen LogP contribution in [0.1, 0.15) is 13.8 Å². The third-order valence-corrected chi connectivity index (χ3v) is 0.587. The van der Waals surface area contributed by atoms with Gasteiger partial charge in [0.05, 0.1) is 5.60 Å². The maximum atomic E-state index is 8.97. The molecule has 0 saturated heterocycles. The van der Waals surface area contributed by atoms with Gasteiger partial charge in [-0.15, -0.1) is 6.42 Å². The zero-order chi connectivity index (χ0) is 6.62. The predicted octanol–water partition coefficient (Wildman–Crippen LogP) is 0.947. The number of terminal acetylenes is 1. The lowest BCUT2D eigenvalue weighted by Crippen LogP contribution is -2.13. The molecular weight excluding hydrogens is 100 g/mol. The summed E-state index contributed by atoms with van der Waals surface area (Å²) in [5, 5.41) is 8.97. The molecule has 0 bridgehead atoms. The normalized spacial score (nSPS) is 11.8. The van der Waals surface area contributed by atoms with Crippen LogP contribution in [0, 0.1) is 12.3 Å². The molecule has 0 saturated carbocycles. The van der Waals surface area contributed by atoms with Crippen LogP contribution in [0.15, 0.2) is 12.2 Å². The molecule has 0 unspecified atom stereocenters. The summed E-state index contributed by atoms with van der Waals surface area (Å²) in [6, 6.07) is 0. The summed E-state index contributed by atoms with van der Waals surface area (Å²) in [7, 11) is 0. The fourth-order valence-electron chi connectivity index (χ4n) is 0.252. The topological polar surface area (TPSA) is 20.2 Å². The van der Waals surface area contributed by atoms with Crippen molar-refractivity contribution in [2.24, 2.45) is 0 Å². The van der Waals surface area contributed by atoms with Crippen molar-refractivity contribution in [2.75, 3.05) is 0 Å². The maximum Gasteiger partial charge on any atom is 0.0780 e. The van der Waals surface area contributed by atoms with Gasteiger partial charge < -0.3 is 5.11 Å². The van der Waals surface area contributed by atoms with Crippen LogP contribution in [0.2, 0.25) is 0 Å². The molecule has 0 heterocycles. The lowest BCUT2D eigenvalue weighted by atomic mass is 10.1. The number of allylic oxidation sites excluding steroid dienone is 1. The molecule has 8 heavy (non-hydrogen) atoms. The first-order valence-electron chi connectivity index (χ1n) is 2.42. The van der Waals surface area contributed by atoms with Crippen molar-refractivity contribution in [2.45, 2.75) is 19.4 Å². The van der Waals surface area contributed by atoms with Gasteiger partial charge in [-0.05, 0) is 26.0 Å². The highest BCUT2D eigenvalue weighted by molar-refractivity contribution is 5.12. The summed E-state index contributed by atoms with van der Waals surface area (Å²) < 4.78 is 0. The quantitative estimate of drug-likeness (QED) is 0.498. The Kier molecular flexibility index (Phi) is 2.30. The van der Waals surface area contributed by atoms with Gasteiger partial charge in [-0.25, -0.2) is 0 Å². The first-order chi connectivity index (χ1) is 3.56. The fourth-order valence-corrected chi connectivity index (χ4v) is 0.252. The van der Waals surface area contributed by atoms with Crippen molar-refractivity contribution in [3.05, 3.63) is 12.2 Å². The van der Waals surface area contributed by atoms with Gasteiger partial charge >= 0.3 is 0 Å². The molecule has 44 valence electrons. The highest BCUT2D eigenvalue weighted by atomic mass is 16.3. The van der Waals surface area contributed by atoms with Crippen molar-refractivity contribution < 1.29 is 5.11 Å². The highest BCUT2D eigenvalue weighted by Gasteiger charge is 2.03. The average Bonchev–Trinajstić information content (AvgIpc) is 1.59. The van der Waals surface area contributed by atoms with Crippen LogP contribution in [0.5, 0.6) is 0 Å². The van der Waals surface area contributed by atoms with Gasteiger partial charge in [-0.1, -0.05) is 5.92 Å². The zero-order valence-corrected chi connectivity index (χ0v) is 5.18. The molecule has 0 amide bonds. The molecule has 0 rings (SSSR count). The van der Waals surface area contributed by atoms with E-state index in [1.54, 1.807) is 19.9 Å². The van der Waals surface area contributed by atoms with Gasteiger partial charge in [0.25, 0.3) is 0 Å². The second-order valence-corrected chi connectivity index (χ2v) is 2.15. The first kappa shape index (κ1) is 7.26. The molecule has 0 aliphatic rings. The minimum atomic E-state index is -0.771. The SMILES string of the molecule is C#C/C=C\C(C)(C)O. The summed E-state index contributed by atoms with van der Waals surface area (Å²) in [5.41, 5.74) is -0.771. The third-order valence-electron chi connectivity index (χ3n) is 0.587. The molecule has 1 nitrogen and oxygen atoms in total. The summed E-state index contributed by atoms with van der Waals surface area (Å²) in [6.45, 7) is 3.34. The van der Waals surface area contributed by atoms with E-state index in [0.717, 1.165) is 0 Å². The predicted molar refractivity (Wildman–Crippen MR) is 34.3 cm³/mol. The third kappa shape index (κ3) is 5.26. The van der Waals surface area contributed by atoms with Crippen molar-refractivity contribution in [3.63, 3.8) is 0 Å². The van der Waals surface area contributed by atoms with Crippen LogP contribution in [0.4, 0.5) is 0 Å². The minimum Gasteiger partial charge on any atom is -0.386 e. The summed E-state index contributed by atoms with van der Waals surface area (Å²) in [4.78, 5) is 0. The molecule has 0 spiro atoms. The molecule has 1 heteroatoms. The number of hydrogen-bond acceptors (Lipinski definition) is 1. The second kappa shape index (κ2) is 2.54. The van der Waals surface area contributed by atoms with Crippen LogP contribution in [-0.4, -0.2) is 10.7 Å². The van der Waals surface area contributed by atoms with Crippen LogP contribution in [0.25, 0.3) is 0 Å². The van der Waals surface area contributed by atoms with Gasteiger partial charge in [0.1, 0.15) is 0 Å². The van der Waals surface area contributed by atoms with E-state index in [1.807, 2.05) is 0 Å². The molecule has 0 aromatic carbocycles. The molecule has 0 aliphatic carbocycles. The van der Waals surface area contributed by atoms with E-state index in [2.05, 4.69) is 5.92 Å². The largest absolute Gasteiger partial charge is 0.386 e. The van der Waals surface area contributed by atoms with Crippen LogP contribution in [-0.2, 0) is 0 Å². The number of rotatable bonds is 1. The van der Waals surface area contributed by atoms with Gasteiger partial charge in [-0.3, -0.25) is 0 Å². The molecule has 0 fully saturated rings. The number of aliphatic hydroxyl groups is 1. The Morgan fingerprint density at radius 3 is 2.25 bits per heavy atom. The van der Waals surface area contributed by atoms with Crippen LogP contribution < -0.4 is 0 Å². The zero-order valence-electron chi connectivity index (χ0n) is 5.18. The van der Waals surface area contributed by atoms with Gasteiger partial charge in [0.15, 0.2) is 0 Å². The van der Waals surface area contributed by atoms with E-state index in [4.69, 9.17) is 11.5 Å². The van der Waals surface area contributed by atoms with E-state index in [-0.39, 0.29) is 0 Å². The Bertz CT molecular complexity index is 120. The molecule has 0 radical (unpaired) electrons. The van der Waals surface area contributed by atoms with Crippen molar-refractivity contribution in [1.82, 2.24) is 0 Å². The van der Waals surface area contributed by atoms with Gasteiger partial charge in [0.2, 0.25) is 0 Å². The minimum absolute atomic E-state index is 0.771. The molecule has 0 aliphatic heterocycles. The molecule has 1 N–H and O–H groups in total. The first-order valence-corrected chi connectivity index (χ1v) is 2.42. The lowest BCUT2D eigenvalue weighted by molar-refractivity contribution is 0.133. The van der Waals surface area contributed by atoms with E-state index >= 15 is 0 Å². The van der Waals surface area contributed by atoms with Crippen molar-refractivity contribution in [3.8, 4) is 12.3 Å². The average molecular weight is 110 g/mol. The van der Waals surface area contributed by atoms with E-state index in [0.29, 0.717) is 0 Å². The Hall–Kier alpha value is -0.740.